The van der Waals surface area contributed by atoms with Crippen LogP contribution in [0.2, 0.25) is 0 Å². The van der Waals surface area contributed by atoms with E-state index in [-0.39, 0.29) is 17.5 Å². The van der Waals surface area contributed by atoms with Crippen LogP contribution in [0.25, 0.3) is 0 Å². The van der Waals surface area contributed by atoms with Crippen LogP contribution >= 0.6 is 11.6 Å². The van der Waals surface area contributed by atoms with Crippen molar-refractivity contribution in [1.82, 2.24) is 5.27 Å². The van der Waals surface area contributed by atoms with Gasteiger partial charge < -0.3 is 4.52 Å². The van der Waals surface area contributed by atoms with Crippen molar-refractivity contribution in [2.45, 2.75) is 25.8 Å². The van der Waals surface area contributed by atoms with Gasteiger partial charge in [0.05, 0.1) is 0 Å². The van der Waals surface area contributed by atoms with Gasteiger partial charge in [-0.1, -0.05) is 0 Å². The van der Waals surface area contributed by atoms with Crippen LogP contribution in [0.3, 0.4) is 0 Å². The summed E-state index contributed by atoms with van der Waals surface area (Å²) in [7, 11) is 0. The Bertz CT molecular complexity index is 288. The SMILES string of the molecule is CC(C)[n+]1[n-]oc(=N)c1CCl. The highest BCUT2D eigenvalue weighted by atomic mass is 35.5. The Morgan fingerprint density at radius 1 is 1.73 bits per heavy atom. The molecule has 0 aliphatic carbocycles. The smallest absolute Gasteiger partial charge is 0.269 e. The average molecular weight is 176 g/mol. The third-order valence-corrected chi connectivity index (χ3v) is 1.63. The molecular weight excluding hydrogens is 166 g/mol. The summed E-state index contributed by atoms with van der Waals surface area (Å²) >= 11 is 5.58. The first-order chi connectivity index (χ1) is 5.16. The van der Waals surface area contributed by atoms with Crippen LogP contribution in [0.4, 0.5) is 0 Å². The molecule has 1 rings (SSSR count). The maximum Gasteiger partial charge on any atom is 0.269 e. The minimum Gasteiger partial charge on any atom is -0.487 e. The van der Waals surface area contributed by atoms with E-state index in [1.54, 1.807) is 4.68 Å². The van der Waals surface area contributed by atoms with Crippen molar-refractivity contribution < 1.29 is 9.20 Å². The number of hydrogen-bond donors (Lipinski definition) is 1. The Balaban J connectivity index is 3.16. The third-order valence-electron chi connectivity index (χ3n) is 1.37. The van der Waals surface area contributed by atoms with Gasteiger partial charge in [0.2, 0.25) is 5.69 Å². The van der Waals surface area contributed by atoms with Gasteiger partial charge in [0, 0.05) is 0 Å². The molecule has 11 heavy (non-hydrogen) atoms. The second kappa shape index (κ2) is 3.09. The standard InChI is InChI=1S/C6H10ClN3O/c1-4(2)10-5(3-7)6(8)11-9-10/h4,8H,3H2,1-2H3. The molecule has 0 saturated carbocycles. The van der Waals surface area contributed by atoms with Crippen LogP contribution in [0, 0.1) is 5.41 Å². The van der Waals surface area contributed by atoms with Gasteiger partial charge in [-0.2, -0.15) is 0 Å². The zero-order valence-electron chi connectivity index (χ0n) is 6.47. The summed E-state index contributed by atoms with van der Waals surface area (Å²) in [6.45, 7) is 3.91. The van der Waals surface area contributed by atoms with E-state index in [9.17, 15) is 0 Å². The number of halogens is 1. The molecule has 5 heteroatoms. The summed E-state index contributed by atoms with van der Waals surface area (Å²) in [5.41, 5.74) is 0.676. The van der Waals surface area contributed by atoms with E-state index in [0.29, 0.717) is 5.69 Å². The number of alkyl halides is 1. The molecule has 0 aromatic carbocycles. The molecule has 0 aliphatic heterocycles. The lowest BCUT2D eigenvalue weighted by molar-refractivity contribution is -0.789. The largest absolute Gasteiger partial charge is 0.487 e. The van der Waals surface area contributed by atoms with Crippen LogP contribution in [0.15, 0.2) is 4.52 Å². The van der Waals surface area contributed by atoms with Crippen molar-refractivity contribution in [3.63, 3.8) is 0 Å². The molecule has 0 bridgehead atoms. The van der Waals surface area contributed by atoms with Crippen LogP contribution in [-0.2, 0) is 5.88 Å². The monoisotopic (exact) mass is 175 g/mol. The van der Waals surface area contributed by atoms with E-state index < -0.39 is 0 Å². The predicted octanol–water partition coefficient (Wildman–Crippen LogP) is 0.323. The number of nitrogens with zero attached hydrogens (tertiary/aromatic N) is 2. The molecule has 1 aromatic heterocycles. The van der Waals surface area contributed by atoms with Crippen molar-refractivity contribution in [3.8, 4) is 0 Å². The number of hydrogen-bond acceptors (Lipinski definition) is 2. The van der Waals surface area contributed by atoms with Gasteiger partial charge in [0.1, 0.15) is 11.9 Å². The second-order valence-corrected chi connectivity index (χ2v) is 2.79. The van der Waals surface area contributed by atoms with Gasteiger partial charge >= 0.3 is 0 Å². The van der Waals surface area contributed by atoms with E-state index in [2.05, 4.69) is 9.79 Å². The molecule has 4 nitrogen and oxygen atoms in total. The molecule has 0 atom stereocenters. The maximum atomic E-state index is 7.25. The van der Waals surface area contributed by atoms with Crippen LogP contribution in [0.5, 0.6) is 0 Å². The molecule has 0 spiro atoms. The normalized spacial score (nSPS) is 10.9. The highest BCUT2D eigenvalue weighted by Crippen LogP contribution is 1.94. The van der Waals surface area contributed by atoms with E-state index in [1.165, 1.54) is 0 Å². The molecule has 0 radical (unpaired) electrons. The fourth-order valence-corrected chi connectivity index (χ4v) is 1.06. The molecule has 0 saturated heterocycles. The average Bonchev–Trinajstić information content (AvgIpc) is 2.30. The molecule has 0 fully saturated rings. The van der Waals surface area contributed by atoms with Gasteiger partial charge in [-0.3, -0.25) is 10.7 Å². The molecule has 0 unspecified atom stereocenters. The van der Waals surface area contributed by atoms with Gasteiger partial charge in [-0.15, -0.1) is 11.6 Å². The summed E-state index contributed by atoms with van der Waals surface area (Å²) < 4.78 is 6.25. The van der Waals surface area contributed by atoms with Crippen LogP contribution in [0.1, 0.15) is 25.6 Å². The first-order valence-corrected chi connectivity index (χ1v) is 3.88. The highest BCUT2D eigenvalue weighted by molar-refractivity contribution is 6.16. The van der Waals surface area contributed by atoms with Gasteiger partial charge in [0.25, 0.3) is 5.55 Å². The fraction of sp³-hybridized carbons (Fsp3) is 0.667. The molecule has 1 aromatic rings. The summed E-state index contributed by atoms with van der Waals surface area (Å²) in [5, 5.41) is 10.9. The lowest BCUT2D eigenvalue weighted by Crippen LogP contribution is -2.44. The van der Waals surface area contributed by atoms with Gasteiger partial charge in [0.15, 0.2) is 0 Å². The summed E-state index contributed by atoms with van der Waals surface area (Å²) in [6.07, 6.45) is 0. The quantitative estimate of drug-likeness (QED) is 0.520. The molecule has 62 valence electrons. The van der Waals surface area contributed by atoms with Crippen LogP contribution in [-0.4, -0.2) is 0 Å². The predicted molar refractivity (Wildman–Crippen MR) is 38.0 cm³/mol. The number of rotatable bonds is 2. The van der Waals surface area contributed by atoms with E-state index >= 15 is 0 Å². The third kappa shape index (κ3) is 1.45. The first-order valence-electron chi connectivity index (χ1n) is 3.34. The Hall–Kier alpha value is -0.770. The van der Waals surface area contributed by atoms with Crippen molar-refractivity contribution in [2.75, 3.05) is 0 Å². The minimum atomic E-state index is 0.0497. The topological polar surface area (TPSA) is 55.0 Å². The van der Waals surface area contributed by atoms with Crippen molar-refractivity contribution in [1.29, 1.82) is 5.41 Å². The van der Waals surface area contributed by atoms with E-state index in [0.717, 1.165) is 0 Å². The summed E-state index contributed by atoms with van der Waals surface area (Å²) in [4.78, 5) is 0. The number of nitrogens with one attached hydrogen (secondary N) is 1. The molecular formula is C6H10ClN3O. The molecule has 1 N–H and O–H groups in total. The maximum absolute atomic E-state index is 7.25. The minimum absolute atomic E-state index is 0.0497. The molecule has 1 heterocycles. The summed E-state index contributed by atoms with van der Waals surface area (Å²) in [6, 6.07) is 0.187. The van der Waals surface area contributed by atoms with Crippen molar-refractivity contribution >= 4 is 11.6 Å². The van der Waals surface area contributed by atoms with Gasteiger partial charge in [-0.05, 0) is 13.8 Å². The Labute approximate surface area is 69.2 Å². The zero-order valence-corrected chi connectivity index (χ0v) is 7.22. The van der Waals surface area contributed by atoms with E-state index in [4.69, 9.17) is 17.0 Å². The number of aromatic nitrogens is 2. The molecule has 0 aliphatic rings. The van der Waals surface area contributed by atoms with Crippen molar-refractivity contribution in [3.05, 3.63) is 11.2 Å². The molecule has 0 amide bonds. The van der Waals surface area contributed by atoms with E-state index in [1.807, 2.05) is 13.8 Å². The lowest BCUT2D eigenvalue weighted by Gasteiger charge is -2.02. The van der Waals surface area contributed by atoms with Crippen LogP contribution < -0.4 is 15.5 Å². The Kier molecular flexibility index (Phi) is 2.34. The Morgan fingerprint density at radius 3 is 2.73 bits per heavy atom. The lowest BCUT2D eigenvalue weighted by atomic mass is 10.4. The second-order valence-electron chi connectivity index (χ2n) is 2.52. The van der Waals surface area contributed by atoms with Gasteiger partial charge in [-0.25, -0.2) is 4.68 Å². The zero-order chi connectivity index (χ0) is 8.43. The summed E-state index contributed by atoms with van der Waals surface area (Å²) in [5.74, 6) is 0.264. The fourth-order valence-electron chi connectivity index (χ4n) is 0.819. The highest BCUT2D eigenvalue weighted by Gasteiger charge is 2.12. The van der Waals surface area contributed by atoms with Crippen molar-refractivity contribution in [2.24, 2.45) is 0 Å². The first kappa shape index (κ1) is 8.33. The Morgan fingerprint density at radius 2 is 2.36 bits per heavy atom.